The molecule has 0 radical (unpaired) electrons. The van der Waals surface area contributed by atoms with E-state index in [9.17, 15) is 4.79 Å². The normalized spacial score (nSPS) is 19.0. The smallest absolute Gasteiger partial charge is 0.236 e. The molecule has 0 heterocycles. The van der Waals surface area contributed by atoms with E-state index in [2.05, 4.69) is 24.4 Å². The number of carbonyl (C=O) groups excluding carboxylic acids is 1. The van der Waals surface area contributed by atoms with Crippen molar-refractivity contribution in [2.24, 2.45) is 11.1 Å². The molecule has 3 heteroatoms. The molecule has 1 fully saturated rings. The molecule has 0 aromatic heterocycles. The summed E-state index contributed by atoms with van der Waals surface area (Å²) in [6, 6.07) is 9.79. The second kappa shape index (κ2) is 7.60. The van der Waals surface area contributed by atoms with Gasteiger partial charge in [0.25, 0.3) is 0 Å². The molecule has 21 heavy (non-hydrogen) atoms. The van der Waals surface area contributed by atoms with Crippen molar-refractivity contribution in [3.63, 3.8) is 0 Å². The van der Waals surface area contributed by atoms with Crippen LogP contribution in [0.25, 0.3) is 0 Å². The van der Waals surface area contributed by atoms with Gasteiger partial charge in [0, 0.05) is 6.54 Å². The van der Waals surface area contributed by atoms with Crippen molar-refractivity contribution >= 4 is 5.91 Å². The van der Waals surface area contributed by atoms with Crippen molar-refractivity contribution in [3.8, 4) is 0 Å². The number of nitrogens with one attached hydrogen (secondary N) is 1. The Labute approximate surface area is 128 Å². The molecular weight excluding hydrogens is 260 g/mol. The van der Waals surface area contributed by atoms with Gasteiger partial charge in [0.15, 0.2) is 0 Å². The van der Waals surface area contributed by atoms with Crippen molar-refractivity contribution < 1.29 is 4.79 Å². The van der Waals surface area contributed by atoms with Gasteiger partial charge in [-0.25, -0.2) is 0 Å². The molecule has 0 aliphatic heterocycles. The van der Waals surface area contributed by atoms with Gasteiger partial charge in [-0.05, 0) is 36.7 Å². The van der Waals surface area contributed by atoms with Crippen LogP contribution in [0, 0.1) is 5.41 Å². The average molecular weight is 288 g/mol. The fraction of sp³-hybridized carbons (Fsp3) is 0.611. The summed E-state index contributed by atoms with van der Waals surface area (Å²) in [4.78, 5) is 12.1. The zero-order valence-electron chi connectivity index (χ0n) is 13.1. The largest absolute Gasteiger partial charge is 0.354 e. The van der Waals surface area contributed by atoms with Crippen molar-refractivity contribution in [3.05, 3.63) is 35.9 Å². The third kappa shape index (κ3) is 5.16. The standard InChI is InChI=1S/C18H28N2O/c1-18(12-6-3-7-13-18)14-20-17(21)16(19)11-10-15-8-4-2-5-9-15/h2,4-5,8-9,16H,3,6-7,10-14,19H2,1H3,(H,20,21). The molecule has 1 saturated carbocycles. The zero-order valence-corrected chi connectivity index (χ0v) is 13.1. The average Bonchev–Trinajstić information content (AvgIpc) is 2.52. The quantitative estimate of drug-likeness (QED) is 0.845. The molecule has 1 atom stereocenters. The molecule has 1 aromatic rings. The topological polar surface area (TPSA) is 55.1 Å². The molecule has 0 bridgehead atoms. The van der Waals surface area contributed by atoms with Crippen molar-refractivity contribution in [2.75, 3.05) is 6.54 Å². The highest BCUT2D eigenvalue weighted by Crippen LogP contribution is 2.34. The second-order valence-corrected chi connectivity index (χ2v) is 6.72. The van der Waals surface area contributed by atoms with E-state index < -0.39 is 6.04 Å². The monoisotopic (exact) mass is 288 g/mol. The van der Waals surface area contributed by atoms with Crippen LogP contribution in [-0.2, 0) is 11.2 Å². The Morgan fingerprint density at radius 2 is 1.90 bits per heavy atom. The number of hydrogen-bond acceptors (Lipinski definition) is 2. The van der Waals surface area contributed by atoms with Crippen LogP contribution in [0.4, 0.5) is 0 Å². The van der Waals surface area contributed by atoms with Crippen LogP contribution in [0.2, 0.25) is 0 Å². The van der Waals surface area contributed by atoms with E-state index >= 15 is 0 Å². The number of carbonyl (C=O) groups is 1. The first-order valence-corrected chi connectivity index (χ1v) is 8.16. The first-order valence-electron chi connectivity index (χ1n) is 8.16. The van der Waals surface area contributed by atoms with Crippen LogP contribution in [0.1, 0.15) is 51.0 Å². The summed E-state index contributed by atoms with van der Waals surface area (Å²) in [6.07, 6.45) is 7.89. The molecule has 0 spiro atoms. The predicted molar refractivity (Wildman–Crippen MR) is 86.9 cm³/mol. The van der Waals surface area contributed by atoms with Crippen LogP contribution in [0.15, 0.2) is 30.3 Å². The first kappa shape index (κ1) is 16.0. The van der Waals surface area contributed by atoms with Crippen molar-refractivity contribution in [2.45, 2.75) is 57.9 Å². The molecule has 3 nitrogen and oxygen atoms in total. The molecular formula is C18H28N2O. The third-order valence-corrected chi connectivity index (χ3v) is 4.67. The first-order chi connectivity index (χ1) is 10.1. The highest BCUT2D eigenvalue weighted by molar-refractivity contribution is 5.81. The van der Waals surface area contributed by atoms with Crippen LogP contribution in [-0.4, -0.2) is 18.5 Å². The Morgan fingerprint density at radius 1 is 1.24 bits per heavy atom. The highest BCUT2D eigenvalue weighted by atomic mass is 16.2. The predicted octanol–water partition coefficient (Wildman–Crippen LogP) is 3.03. The van der Waals surface area contributed by atoms with Gasteiger partial charge >= 0.3 is 0 Å². The van der Waals surface area contributed by atoms with Crippen LogP contribution < -0.4 is 11.1 Å². The molecule has 1 amide bonds. The summed E-state index contributed by atoms with van der Waals surface area (Å²) >= 11 is 0. The van der Waals surface area contributed by atoms with E-state index in [-0.39, 0.29) is 11.3 Å². The van der Waals surface area contributed by atoms with E-state index in [1.165, 1.54) is 37.7 Å². The molecule has 1 unspecified atom stereocenters. The summed E-state index contributed by atoms with van der Waals surface area (Å²) in [5.74, 6) is -0.00210. The van der Waals surface area contributed by atoms with Crippen molar-refractivity contribution in [1.82, 2.24) is 5.32 Å². The van der Waals surface area contributed by atoms with Gasteiger partial charge in [0.05, 0.1) is 6.04 Å². The summed E-state index contributed by atoms with van der Waals surface area (Å²) in [7, 11) is 0. The Morgan fingerprint density at radius 3 is 2.57 bits per heavy atom. The SMILES string of the molecule is CC1(CNC(=O)C(N)CCc2ccccc2)CCCCC1. The lowest BCUT2D eigenvalue weighted by Gasteiger charge is -2.34. The molecule has 2 rings (SSSR count). The van der Waals surface area contributed by atoms with E-state index in [0.29, 0.717) is 6.42 Å². The van der Waals surface area contributed by atoms with Crippen molar-refractivity contribution in [1.29, 1.82) is 0 Å². The molecule has 1 aliphatic carbocycles. The lowest BCUT2D eigenvalue weighted by atomic mass is 9.76. The zero-order chi connectivity index (χ0) is 15.1. The third-order valence-electron chi connectivity index (χ3n) is 4.67. The maximum absolute atomic E-state index is 12.1. The maximum Gasteiger partial charge on any atom is 0.236 e. The highest BCUT2D eigenvalue weighted by Gasteiger charge is 2.27. The fourth-order valence-corrected chi connectivity index (χ4v) is 3.11. The second-order valence-electron chi connectivity index (χ2n) is 6.72. The Balaban J connectivity index is 1.72. The Hall–Kier alpha value is -1.35. The number of hydrogen-bond donors (Lipinski definition) is 2. The van der Waals surface area contributed by atoms with E-state index in [1.807, 2.05) is 18.2 Å². The van der Waals surface area contributed by atoms with Gasteiger partial charge in [0.2, 0.25) is 5.91 Å². The summed E-state index contributed by atoms with van der Waals surface area (Å²) in [6.45, 7) is 3.05. The Kier molecular flexibility index (Phi) is 5.80. The van der Waals surface area contributed by atoms with E-state index in [0.717, 1.165) is 13.0 Å². The number of nitrogens with two attached hydrogens (primary N) is 1. The summed E-state index contributed by atoms with van der Waals surface area (Å²) in [5.41, 5.74) is 7.52. The summed E-state index contributed by atoms with van der Waals surface area (Å²) < 4.78 is 0. The molecule has 116 valence electrons. The molecule has 1 aromatic carbocycles. The van der Waals surface area contributed by atoms with Gasteiger partial charge < -0.3 is 11.1 Å². The van der Waals surface area contributed by atoms with Gasteiger partial charge in [-0.3, -0.25) is 4.79 Å². The fourth-order valence-electron chi connectivity index (χ4n) is 3.11. The van der Waals surface area contributed by atoms with E-state index in [1.54, 1.807) is 0 Å². The molecule has 0 saturated heterocycles. The maximum atomic E-state index is 12.1. The molecule has 1 aliphatic rings. The van der Waals surface area contributed by atoms with Gasteiger partial charge in [-0.15, -0.1) is 0 Å². The van der Waals surface area contributed by atoms with Crippen LogP contribution in [0.3, 0.4) is 0 Å². The number of amides is 1. The van der Waals surface area contributed by atoms with Gasteiger partial charge in [-0.1, -0.05) is 56.5 Å². The molecule has 3 N–H and O–H groups in total. The number of benzene rings is 1. The minimum atomic E-state index is -0.405. The van der Waals surface area contributed by atoms with Crippen LogP contribution >= 0.6 is 0 Å². The van der Waals surface area contributed by atoms with Crippen LogP contribution in [0.5, 0.6) is 0 Å². The van der Waals surface area contributed by atoms with Gasteiger partial charge in [0.1, 0.15) is 0 Å². The lowest BCUT2D eigenvalue weighted by molar-refractivity contribution is -0.123. The summed E-state index contributed by atoms with van der Waals surface area (Å²) in [5, 5.41) is 3.06. The lowest BCUT2D eigenvalue weighted by Crippen LogP contribution is -2.45. The Bertz CT molecular complexity index is 438. The number of aryl methyl sites for hydroxylation is 1. The van der Waals surface area contributed by atoms with E-state index in [4.69, 9.17) is 5.73 Å². The van der Waals surface area contributed by atoms with Gasteiger partial charge in [-0.2, -0.15) is 0 Å². The number of rotatable bonds is 6. The minimum Gasteiger partial charge on any atom is -0.354 e. The minimum absolute atomic E-state index is 0.00210.